The lowest BCUT2D eigenvalue weighted by Crippen LogP contribution is -2.09. The van der Waals surface area contributed by atoms with E-state index in [1.54, 1.807) is 0 Å². The second kappa shape index (κ2) is 3.95. The maximum Gasteiger partial charge on any atom is 0.133 e. The van der Waals surface area contributed by atoms with E-state index in [4.69, 9.17) is 5.73 Å². The van der Waals surface area contributed by atoms with Crippen LogP contribution in [0.5, 0.6) is 0 Å². The fourth-order valence-electron chi connectivity index (χ4n) is 1.39. The summed E-state index contributed by atoms with van der Waals surface area (Å²) in [5, 5.41) is 0. The summed E-state index contributed by atoms with van der Waals surface area (Å²) in [4.78, 5) is 8.82. The van der Waals surface area contributed by atoms with Gasteiger partial charge in [-0.15, -0.1) is 0 Å². The second-order valence-electron chi connectivity index (χ2n) is 4.29. The Balaban J connectivity index is 3.28. The molecular formula is C11H19N3. The Bertz CT molecular complexity index is 330. The summed E-state index contributed by atoms with van der Waals surface area (Å²) in [5.41, 5.74) is 7.93. The first kappa shape index (κ1) is 11.0. The summed E-state index contributed by atoms with van der Waals surface area (Å²) in [6.07, 6.45) is 0. The highest BCUT2D eigenvalue weighted by Crippen LogP contribution is 2.22. The van der Waals surface area contributed by atoms with Crippen molar-refractivity contribution in [3.05, 3.63) is 17.1 Å². The van der Waals surface area contributed by atoms with Crippen molar-refractivity contribution in [3.8, 4) is 0 Å². The minimum absolute atomic E-state index is 0.329. The molecule has 0 unspecified atom stereocenters. The molecule has 0 aromatic carbocycles. The number of rotatable bonds is 2. The van der Waals surface area contributed by atoms with Crippen molar-refractivity contribution in [3.63, 3.8) is 0 Å². The normalized spacial score (nSPS) is 11.4. The zero-order valence-electron chi connectivity index (χ0n) is 9.63. The first-order valence-electron chi connectivity index (χ1n) is 5.07. The van der Waals surface area contributed by atoms with Gasteiger partial charge < -0.3 is 5.73 Å². The molecule has 1 rings (SSSR count). The lowest BCUT2D eigenvalue weighted by molar-refractivity contribution is 0.725. The Morgan fingerprint density at radius 1 is 1.00 bits per heavy atom. The summed E-state index contributed by atoms with van der Waals surface area (Å²) in [6.45, 7) is 10.4. The van der Waals surface area contributed by atoms with Crippen LogP contribution in [0.4, 0.5) is 5.82 Å². The van der Waals surface area contributed by atoms with Crippen LogP contribution in [-0.4, -0.2) is 9.97 Å². The Labute approximate surface area is 85.8 Å². The predicted octanol–water partition coefficient (Wildman–Crippen LogP) is 2.61. The van der Waals surface area contributed by atoms with Gasteiger partial charge in [0.15, 0.2) is 0 Å². The minimum Gasteiger partial charge on any atom is -0.383 e. The average Bonchev–Trinajstić information content (AvgIpc) is 2.08. The molecule has 0 radical (unpaired) electrons. The van der Waals surface area contributed by atoms with Gasteiger partial charge in [-0.05, 0) is 12.8 Å². The molecule has 0 aliphatic rings. The van der Waals surface area contributed by atoms with Gasteiger partial charge in [-0.1, -0.05) is 27.7 Å². The molecule has 0 fully saturated rings. The van der Waals surface area contributed by atoms with E-state index in [0.717, 1.165) is 17.1 Å². The number of nitrogens with two attached hydrogens (primary N) is 1. The van der Waals surface area contributed by atoms with Crippen LogP contribution in [0.1, 0.15) is 56.6 Å². The molecule has 0 aliphatic carbocycles. The van der Waals surface area contributed by atoms with Crippen LogP contribution in [0.25, 0.3) is 0 Å². The molecule has 14 heavy (non-hydrogen) atoms. The van der Waals surface area contributed by atoms with E-state index in [1.165, 1.54) is 0 Å². The maximum atomic E-state index is 5.85. The Kier molecular flexibility index (Phi) is 3.09. The average molecular weight is 193 g/mol. The van der Waals surface area contributed by atoms with Gasteiger partial charge in [-0.2, -0.15) is 0 Å². The Hall–Kier alpha value is -1.12. The second-order valence-corrected chi connectivity index (χ2v) is 4.29. The zero-order valence-corrected chi connectivity index (χ0v) is 9.63. The molecule has 0 bridgehead atoms. The Morgan fingerprint density at radius 2 is 1.57 bits per heavy atom. The van der Waals surface area contributed by atoms with Gasteiger partial charge >= 0.3 is 0 Å². The van der Waals surface area contributed by atoms with Crippen molar-refractivity contribution in [2.75, 3.05) is 5.73 Å². The Morgan fingerprint density at radius 3 is 2.00 bits per heavy atom. The molecule has 1 heterocycles. The zero-order chi connectivity index (χ0) is 10.9. The molecule has 2 N–H and O–H groups in total. The highest BCUT2D eigenvalue weighted by atomic mass is 15.0. The smallest absolute Gasteiger partial charge is 0.133 e. The number of anilines is 1. The highest BCUT2D eigenvalue weighted by molar-refractivity contribution is 5.42. The van der Waals surface area contributed by atoms with Crippen LogP contribution in [0.2, 0.25) is 0 Å². The van der Waals surface area contributed by atoms with Gasteiger partial charge in [0, 0.05) is 11.5 Å². The van der Waals surface area contributed by atoms with Crippen molar-refractivity contribution in [1.82, 2.24) is 9.97 Å². The third-order valence-electron chi connectivity index (χ3n) is 2.30. The third-order valence-corrected chi connectivity index (χ3v) is 2.30. The van der Waals surface area contributed by atoms with Gasteiger partial charge in [0.2, 0.25) is 0 Å². The fraction of sp³-hybridized carbons (Fsp3) is 0.636. The van der Waals surface area contributed by atoms with Gasteiger partial charge in [-0.3, -0.25) is 0 Å². The van der Waals surface area contributed by atoms with Crippen LogP contribution in [0.3, 0.4) is 0 Å². The van der Waals surface area contributed by atoms with E-state index in [-0.39, 0.29) is 0 Å². The molecule has 3 heteroatoms. The first-order valence-corrected chi connectivity index (χ1v) is 5.07. The van der Waals surface area contributed by atoms with Crippen LogP contribution in [-0.2, 0) is 0 Å². The van der Waals surface area contributed by atoms with Gasteiger partial charge in [0.05, 0.1) is 5.69 Å². The van der Waals surface area contributed by atoms with E-state index in [2.05, 4.69) is 37.7 Å². The third kappa shape index (κ3) is 2.03. The van der Waals surface area contributed by atoms with E-state index in [9.17, 15) is 0 Å². The van der Waals surface area contributed by atoms with Gasteiger partial charge in [-0.25, -0.2) is 9.97 Å². The van der Waals surface area contributed by atoms with E-state index < -0.39 is 0 Å². The number of hydrogen-bond acceptors (Lipinski definition) is 3. The topological polar surface area (TPSA) is 51.8 Å². The van der Waals surface area contributed by atoms with Crippen molar-refractivity contribution in [2.45, 2.75) is 46.5 Å². The van der Waals surface area contributed by atoms with Gasteiger partial charge in [0.25, 0.3) is 0 Å². The molecule has 1 aromatic rings. The summed E-state index contributed by atoms with van der Waals surface area (Å²) >= 11 is 0. The van der Waals surface area contributed by atoms with Gasteiger partial charge in [0.1, 0.15) is 11.6 Å². The molecule has 0 spiro atoms. The van der Waals surface area contributed by atoms with Crippen molar-refractivity contribution in [1.29, 1.82) is 0 Å². The van der Waals surface area contributed by atoms with Crippen molar-refractivity contribution in [2.24, 2.45) is 0 Å². The quantitative estimate of drug-likeness (QED) is 0.785. The molecule has 0 atom stereocenters. The molecule has 0 aliphatic heterocycles. The van der Waals surface area contributed by atoms with E-state index in [0.29, 0.717) is 17.7 Å². The number of nitrogen functional groups attached to an aromatic ring is 1. The highest BCUT2D eigenvalue weighted by Gasteiger charge is 2.13. The summed E-state index contributed by atoms with van der Waals surface area (Å²) < 4.78 is 0. The molecule has 0 saturated carbocycles. The number of aromatic nitrogens is 2. The fourth-order valence-corrected chi connectivity index (χ4v) is 1.39. The summed E-state index contributed by atoms with van der Waals surface area (Å²) in [6, 6.07) is 0. The van der Waals surface area contributed by atoms with E-state index >= 15 is 0 Å². The molecule has 3 nitrogen and oxygen atoms in total. The summed E-state index contributed by atoms with van der Waals surface area (Å²) in [5.74, 6) is 2.19. The molecule has 0 amide bonds. The van der Waals surface area contributed by atoms with Crippen LogP contribution < -0.4 is 5.73 Å². The maximum absolute atomic E-state index is 5.85. The lowest BCUT2D eigenvalue weighted by atomic mass is 10.0. The monoisotopic (exact) mass is 193 g/mol. The molecular weight excluding hydrogens is 174 g/mol. The van der Waals surface area contributed by atoms with Crippen molar-refractivity contribution < 1.29 is 0 Å². The summed E-state index contributed by atoms with van der Waals surface area (Å²) in [7, 11) is 0. The van der Waals surface area contributed by atoms with Crippen LogP contribution in [0.15, 0.2) is 0 Å². The predicted molar refractivity (Wildman–Crippen MR) is 59.4 cm³/mol. The SMILES string of the molecule is Cc1c(N)nc(C(C)C)nc1C(C)C. The number of nitrogens with zero attached hydrogens (tertiary/aromatic N) is 2. The van der Waals surface area contributed by atoms with Crippen LogP contribution >= 0.6 is 0 Å². The molecule has 78 valence electrons. The van der Waals surface area contributed by atoms with Crippen LogP contribution in [0, 0.1) is 6.92 Å². The molecule has 1 aromatic heterocycles. The lowest BCUT2D eigenvalue weighted by Gasteiger charge is -2.13. The van der Waals surface area contributed by atoms with Crippen molar-refractivity contribution >= 4 is 5.82 Å². The largest absolute Gasteiger partial charge is 0.383 e. The minimum atomic E-state index is 0.329. The van der Waals surface area contributed by atoms with E-state index in [1.807, 2.05) is 6.92 Å². The molecule has 0 saturated heterocycles. The first-order chi connectivity index (χ1) is 6.43. The number of hydrogen-bond donors (Lipinski definition) is 1. The standard InChI is InChI=1S/C11H19N3/c1-6(2)9-8(5)10(12)14-11(13-9)7(3)4/h6-7H,1-5H3,(H2,12,13,14).